The molecule has 1 aromatic carbocycles. The maximum Gasteiger partial charge on any atom is 0.673 e. The van der Waals surface area contributed by atoms with Gasteiger partial charge in [-0.15, -0.1) is 0 Å². The first-order chi connectivity index (χ1) is 5.39. The maximum atomic E-state index is 9.75. The third-order valence-corrected chi connectivity index (χ3v) is 1.45. The first kappa shape index (κ1) is 11.7. The van der Waals surface area contributed by atoms with Crippen molar-refractivity contribution in [1.29, 1.82) is 0 Å². The lowest BCUT2D eigenvalue weighted by molar-refractivity contribution is 0.368. The van der Waals surface area contributed by atoms with Gasteiger partial charge in [0.1, 0.15) is 0 Å². The lowest BCUT2D eigenvalue weighted by Gasteiger charge is -1.94. The smallest absolute Gasteiger partial charge is 0.418 e. The van der Waals surface area contributed by atoms with Crippen LogP contribution >= 0.6 is 22.6 Å². The highest BCUT2D eigenvalue weighted by Gasteiger charge is 2.20. The van der Waals surface area contributed by atoms with Crippen molar-refractivity contribution >= 4 is 29.8 Å². The van der Waals surface area contributed by atoms with Crippen LogP contribution in [0.4, 0.5) is 17.3 Å². The Morgan fingerprint density at radius 2 is 1.25 bits per heavy atom. The van der Waals surface area contributed by atoms with Crippen molar-refractivity contribution in [2.45, 2.75) is 0 Å². The van der Waals surface area contributed by atoms with Crippen molar-refractivity contribution in [1.82, 2.24) is 0 Å². The fourth-order valence-electron chi connectivity index (χ4n) is 0.415. The SMILES string of the molecule is F[B-](F)(F)F.Ic1ccccc1. The van der Waals surface area contributed by atoms with Gasteiger partial charge in [-0.25, -0.2) is 0 Å². The van der Waals surface area contributed by atoms with E-state index in [1.165, 1.54) is 3.57 Å². The van der Waals surface area contributed by atoms with Crippen LogP contribution in [0.15, 0.2) is 30.3 Å². The Morgan fingerprint density at radius 3 is 1.42 bits per heavy atom. The van der Waals surface area contributed by atoms with E-state index in [9.17, 15) is 17.3 Å². The first-order valence-corrected chi connectivity index (χ1v) is 4.05. The minimum Gasteiger partial charge on any atom is -0.418 e. The molecular weight excluding hydrogens is 286 g/mol. The highest BCUT2D eigenvalue weighted by molar-refractivity contribution is 14.1. The monoisotopic (exact) mass is 291 g/mol. The van der Waals surface area contributed by atoms with Gasteiger partial charge in [0.05, 0.1) is 0 Å². The van der Waals surface area contributed by atoms with Crippen molar-refractivity contribution < 1.29 is 17.3 Å². The molecule has 0 spiro atoms. The van der Waals surface area contributed by atoms with E-state index in [1.54, 1.807) is 0 Å². The molecule has 1 rings (SSSR count). The van der Waals surface area contributed by atoms with Gasteiger partial charge >= 0.3 is 7.25 Å². The van der Waals surface area contributed by atoms with Crippen LogP contribution in [0.2, 0.25) is 0 Å². The summed E-state index contributed by atoms with van der Waals surface area (Å²) < 4.78 is 40.3. The Balaban J connectivity index is 0.000000217. The van der Waals surface area contributed by atoms with Gasteiger partial charge in [-0.2, -0.15) is 0 Å². The minimum atomic E-state index is -6.00. The zero-order chi connectivity index (χ0) is 9.61. The van der Waals surface area contributed by atoms with E-state index >= 15 is 0 Å². The second-order valence-corrected chi connectivity index (χ2v) is 3.04. The maximum absolute atomic E-state index is 9.75. The summed E-state index contributed by atoms with van der Waals surface area (Å²) in [5.74, 6) is 0. The second-order valence-electron chi connectivity index (χ2n) is 1.79. The van der Waals surface area contributed by atoms with Crippen LogP contribution in [0.5, 0.6) is 0 Å². The molecule has 0 aromatic heterocycles. The van der Waals surface area contributed by atoms with Crippen LogP contribution < -0.4 is 0 Å². The molecule has 68 valence electrons. The molecular formula is C6H5BF4I-. The predicted molar refractivity (Wildman–Crippen MR) is 49.3 cm³/mol. The van der Waals surface area contributed by atoms with Crippen molar-refractivity contribution in [2.75, 3.05) is 0 Å². The van der Waals surface area contributed by atoms with Crippen LogP contribution in [0.3, 0.4) is 0 Å². The fourth-order valence-corrected chi connectivity index (χ4v) is 0.830. The summed E-state index contributed by atoms with van der Waals surface area (Å²) in [6.07, 6.45) is 0. The summed E-state index contributed by atoms with van der Waals surface area (Å²) in [6.45, 7) is 0. The van der Waals surface area contributed by atoms with E-state index in [2.05, 4.69) is 34.7 Å². The molecule has 0 fully saturated rings. The lowest BCUT2D eigenvalue weighted by atomic mass is 10.3. The molecule has 1 aromatic rings. The largest absolute Gasteiger partial charge is 0.673 e. The summed E-state index contributed by atoms with van der Waals surface area (Å²) in [6, 6.07) is 10.2. The fraction of sp³-hybridized carbons (Fsp3) is 0. The molecule has 0 saturated heterocycles. The van der Waals surface area contributed by atoms with E-state index < -0.39 is 7.25 Å². The molecule has 0 atom stereocenters. The van der Waals surface area contributed by atoms with Gasteiger partial charge in [0.2, 0.25) is 0 Å². The number of benzene rings is 1. The number of hydrogen-bond donors (Lipinski definition) is 0. The zero-order valence-electron chi connectivity index (χ0n) is 5.85. The van der Waals surface area contributed by atoms with E-state index in [1.807, 2.05) is 18.2 Å². The van der Waals surface area contributed by atoms with Crippen molar-refractivity contribution in [3.8, 4) is 0 Å². The molecule has 12 heavy (non-hydrogen) atoms. The second kappa shape index (κ2) is 5.39. The Kier molecular flexibility index (Phi) is 5.27. The topological polar surface area (TPSA) is 0 Å². The summed E-state index contributed by atoms with van der Waals surface area (Å²) in [7, 11) is -6.00. The minimum absolute atomic E-state index is 1.29. The van der Waals surface area contributed by atoms with Gasteiger partial charge < -0.3 is 17.3 Å². The molecule has 0 aliphatic carbocycles. The first-order valence-electron chi connectivity index (χ1n) is 2.97. The van der Waals surface area contributed by atoms with E-state index in [-0.39, 0.29) is 0 Å². The van der Waals surface area contributed by atoms with Gasteiger partial charge in [0.15, 0.2) is 0 Å². The molecule has 0 nitrogen and oxygen atoms in total. The van der Waals surface area contributed by atoms with Crippen LogP contribution in [-0.4, -0.2) is 7.25 Å². The van der Waals surface area contributed by atoms with Crippen molar-refractivity contribution in [3.05, 3.63) is 33.9 Å². The molecule has 0 N–H and O–H groups in total. The normalized spacial score (nSPS) is 10.1. The molecule has 0 heterocycles. The number of rotatable bonds is 0. The Bertz CT molecular complexity index is 205. The summed E-state index contributed by atoms with van der Waals surface area (Å²) >= 11 is 2.28. The summed E-state index contributed by atoms with van der Waals surface area (Å²) in [4.78, 5) is 0. The van der Waals surface area contributed by atoms with Crippen molar-refractivity contribution in [3.63, 3.8) is 0 Å². The van der Waals surface area contributed by atoms with Crippen LogP contribution in [-0.2, 0) is 0 Å². The molecule has 0 aliphatic heterocycles. The third-order valence-electron chi connectivity index (χ3n) is 0.733. The quantitative estimate of drug-likeness (QED) is 0.389. The predicted octanol–water partition coefficient (Wildman–Crippen LogP) is 3.59. The van der Waals surface area contributed by atoms with Gasteiger partial charge in [0.25, 0.3) is 0 Å². The average molecular weight is 291 g/mol. The van der Waals surface area contributed by atoms with Gasteiger partial charge in [0, 0.05) is 3.57 Å². The van der Waals surface area contributed by atoms with E-state index in [4.69, 9.17) is 0 Å². The summed E-state index contributed by atoms with van der Waals surface area (Å²) in [5, 5.41) is 0. The lowest BCUT2D eigenvalue weighted by Crippen LogP contribution is -2.02. The Labute approximate surface area is 81.2 Å². The number of halogens is 5. The average Bonchev–Trinajstić information content (AvgIpc) is 1.85. The molecule has 0 unspecified atom stereocenters. The third kappa shape index (κ3) is 12.4. The molecule has 0 saturated carbocycles. The van der Waals surface area contributed by atoms with Gasteiger partial charge in [-0.1, -0.05) is 18.2 Å². The summed E-state index contributed by atoms with van der Waals surface area (Å²) in [5.41, 5.74) is 0. The van der Waals surface area contributed by atoms with Crippen LogP contribution in [0, 0.1) is 3.57 Å². The number of hydrogen-bond acceptors (Lipinski definition) is 0. The molecule has 0 amide bonds. The van der Waals surface area contributed by atoms with Crippen LogP contribution in [0.25, 0.3) is 0 Å². The van der Waals surface area contributed by atoms with Crippen LogP contribution in [0.1, 0.15) is 0 Å². The molecule has 0 bridgehead atoms. The van der Waals surface area contributed by atoms with E-state index in [0.29, 0.717) is 0 Å². The highest BCUT2D eigenvalue weighted by Crippen LogP contribution is 2.06. The molecule has 0 aliphatic rings. The van der Waals surface area contributed by atoms with E-state index in [0.717, 1.165) is 0 Å². The highest BCUT2D eigenvalue weighted by atomic mass is 127. The Morgan fingerprint density at radius 1 is 0.917 bits per heavy atom. The zero-order valence-corrected chi connectivity index (χ0v) is 8.01. The van der Waals surface area contributed by atoms with Gasteiger partial charge in [-0.3, -0.25) is 0 Å². The van der Waals surface area contributed by atoms with Crippen molar-refractivity contribution in [2.24, 2.45) is 0 Å². The molecule has 6 heteroatoms. The standard InChI is InChI=1S/C6H5I.BF4/c7-6-4-2-1-3-5-6;2-1(3,4)5/h1-5H;/q;-1. The van der Waals surface area contributed by atoms with Gasteiger partial charge in [-0.05, 0) is 34.7 Å². The molecule has 0 radical (unpaired) electrons. The Hall–Kier alpha value is -0.265.